The number of fused-ring (bicyclic) bond motifs is 5. The Kier molecular flexibility index (Phi) is 3.77. The minimum absolute atomic E-state index is 0.0495. The van der Waals surface area contributed by atoms with E-state index in [0.717, 1.165) is 32.1 Å². The molecule has 4 fully saturated rings. The Balaban J connectivity index is 1.66. The van der Waals surface area contributed by atoms with Crippen LogP contribution < -0.4 is 0 Å². The highest BCUT2D eigenvalue weighted by molar-refractivity contribution is 5.85. The third-order valence-corrected chi connectivity index (χ3v) is 8.95. The molecule has 8 atom stereocenters. The predicted molar refractivity (Wildman–Crippen MR) is 92.3 cm³/mol. The molecule has 2 unspecified atom stereocenters. The summed E-state index contributed by atoms with van der Waals surface area (Å²) in [6.45, 7) is 6.86. The topological polar surface area (TPSA) is 54.4 Å². The number of hydrogen-bond donors (Lipinski definition) is 1. The van der Waals surface area contributed by atoms with Crippen molar-refractivity contribution in [2.45, 2.75) is 78.2 Å². The normalized spacial score (nSPS) is 54.2. The summed E-state index contributed by atoms with van der Waals surface area (Å²) in [7, 11) is 0. The van der Waals surface area contributed by atoms with Gasteiger partial charge >= 0.3 is 0 Å². The second kappa shape index (κ2) is 5.40. The summed E-state index contributed by atoms with van der Waals surface area (Å²) in [6, 6.07) is 0. The van der Waals surface area contributed by atoms with Gasteiger partial charge in [0.1, 0.15) is 11.9 Å². The Hall–Kier alpha value is -0.700. The van der Waals surface area contributed by atoms with Gasteiger partial charge in [-0.15, -0.1) is 0 Å². The molecule has 0 aromatic heterocycles. The zero-order valence-corrected chi connectivity index (χ0v) is 15.4. The smallest absolute Gasteiger partial charge is 0.161 e. The van der Waals surface area contributed by atoms with Crippen LogP contribution in [0.2, 0.25) is 0 Å². The molecule has 4 rings (SSSR count). The molecule has 0 radical (unpaired) electrons. The molecule has 0 aromatic carbocycles. The summed E-state index contributed by atoms with van der Waals surface area (Å²) in [5, 5.41) is 10.0. The lowest BCUT2D eigenvalue weighted by molar-refractivity contribution is -0.154. The molecule has 0 aromatic rings. The number of carbonyl (C=O) groups is 2. The zero-order valence-electron chi connectivity index (χ0n) is 15.4. The van der Waals surface area contributed by atoms with Gasteiger partial charge in [0.2, 0.25) is 0 Å². The van der Waals surface area contributed by atoms with Crippen LogP contribution >= 0.6 is 0 Å². The number of rotatable bonds is 1. The lowest BCUT2D eigenvalue weighted by atomic mass is 9.44. The van der Waals surface area contributed by atoms with Crippen LogP contribution in [0.15, 0.2) is 0 Å². The first-order valence-corrected chi connectivity index (χ1v) is 10.0. The highest BCUT2D eigenvalue weighted by Crippen LogP contribution is 2.66. The second-order valence-electron chi connectivity index (χ2n) is 9.73. The van der Waals surface area contributed by atoms with Crippen LogP contribution in [0.1, 0.15) is 72.1 Å². The van der Waals surface area contributed by atoms with Crippen molar-refractivity contribution < 1.29 is 14.7 Å². The van der Waals surface area contributed by atoms with E-state index in [9.17, 15) is 14.7 Å². The van der Waals surface area contributed by atoms with Crippen LogP contribution in [0.4, 0.5) is 0 Å². The third-order valence-electron chi connectivity index (χ3n) is 8.95. The first-order chi connectivity index (χ1) is 11.3. The first kappa shape index (κ1) is 16.8. The van der Waals surface area contributed by atoms with E-state index in [2.05, 4.69) is 20.8 Å². The average molecular weight is 332 g/mol. The monoisotopic (exact) mass is 332 g/mol. The van der Waals surface area contributed by atoms with Crippen molar-refractivity contribution in [2.75, 3.05) is 0 Å². The average Bonchev–Trinajstić information content (AvgIpc) is 2.78. The standard InChI is InChI=1S/C21H32O3/c1-4-14-17(22)10-16-13-6-5-12-9-18(23)19(24)11-21(12,3)15(13)7-8-20(14,16)2/h12-16,18,23H,4-11H2,1-3H3/t12?,13-,14+,15+,16+,18?,20-,21+/m1/s1. The molecule has 0 saturated heterocycles. The van der Waals surface area contributed by atoms with E-state index in [4.69, 9.17) is 0 Å². The van der Waals surface area contributed by atoms with Gasteiger partial charge in [0.25, 0.3) is 0 Å². The number of carbonyl (C=O) groups excluding carboxylic acids is 2. The Bertz CT molecular complexity index is 569. The Morgan fingerprint density at radius 2 is 1.79 bits per heavy atom. The molecule has 1 N–H and O–H groups in total. The SMILES string of the molecule is CC[C@H]1C(=O)C[C@H]2[C@@H]3CCC4CC(O)C(=O)C[C@]4(C)[C@H]3CC[C@]12C. The van der Waals surface area contributed by atoms with Crippen molar-refractivity contribution >= 4 is 11.6 Å². The van der Waals surface area contributed by atoms with E-state index >= 15 is 0 Å². The first-order valence-electron chi connectivity index (χ1n) is 10.0. The van der Waals surface area contributed by atoms with Crippen LogP contribution in [0.25, 0.3) is 0 Å². The Morgan fingerprint density at radius 3 is 2.50 bits per heavy atom. The lowest BCUT2D eigenvalue weighted by Crippen LogP contribution is -2.55. The van der Waals surface area contributed by atoms with E-state index in [1.54, 1.807) is 0 Å². The molecule has 134 valence electrons. The summed E-state index contributed by atoms with van der Waals surface area (Å²) >= 11 is 0. The number of hydrogen-bond acceptors (Lipinski definition) is 3. The van der Waals surface area contributed by atoms with Crippen molar-refractivity contribution in [3.05, 3.63) is 0 Å². The molecule has 0 aliphatic heterocycles. The maximum Gasteiger partial charge on any atom is 0.161 e. The molecule has 4 aliphatic carbocycles. The highest BCUT2D eigenvalue weighted by Gasteiger charge is 2.62. The summed E-state index contributed by atoms with van der Waals surface area (Å²) in [4.78, 5) is 24.9. The lowest BCUT2D eigenvalue weighted by Gasteiger charge is -2.60. The van der Waals surface area contributed by atoms with Gasteiger partial charge in [-0.25, -0.2) is 0 Å². The summed E-state index contributed by atoms with van der Waals surface area (Å²) in [5.74, 6) is 2.97. The zero-order chi connectivity index (χ0) is 17.3. The van der Waals surface area contributed by atoms with Gasteiger partial charge in [-0.2, -0.15) is 0 Å². The van der Waals surface area contributed by atoms with E-state index in [1.165, 1.54) is 6.42 Å². The number of aliphatic hydroxyl groups excluding tert-OH is 1. The molecule has 3 nitrogen and oxygen atoms in total. The fourth-order valence-electron chi connectivity index (χ4n) is 7.68. The van der Waals surface area contributed by atoms with Crippen LogP contribution in [0.5, 0.6) is 0 Å². The van der Waals surface area contributed by atoms with Crippen LogP contribution in [0, 0.1) is 40.4 Å². The maximum atomic E-state index is 12.6. The number of Topliss-reactive ketones (excluding diaryl/α,β-unsaturated/α-hetero) is 2. The highest BCUT2D eigenvalue weighted by atomic mass is 16.3. The molecule has 0 amide bonds. The molecular formula is C21H32O3. The fraction of sp³-hybridized carbons (Fsp3) is 0.905. The van der Waals surface area contributed by atoms with Crippen LogP contribution in [-0.4, -0.2) is 22.8 Å². The van der Waals surface area contributed by atoms with Crippen molar-refractivity contribution in [3.8, 4) is 0 Å². The third kappa shape index (κ3) is 2.06. The van der Waals surface area contributed by atoms with Crippen molar-refractivity contribution in [1.29, 1.82) is 0 Å². The van der Waals surface area contributed by atoms with Gasteiger partial charge in [0, 0.05) is 18.8 Å². The van der Waals surface area contributed by atoms with E-state index < -0.39 is 6.10 Å². The minimum Gasteiger partial charge on any atom is -0.385 e. The summed E-state index contributed by atoms with van der Waals surface area (Å²) < 4.78 is 0. The molecule has 0 spiro atoms. The summed E-state index contributed by atoms with van der Waals surface area (Å²) in [5.41, 5.74) is 0.238. The number of aliphatic hydroxyl groups is 1. The Labute approximate surface area is 145 Å². The van der Waals surface area contributed by atoms with E-state index in [0.29, 0.717) is 42.3 Å². The van der Waals surface area contributed by atoms with Gasteiger partial charge < -0.3 is 5.11 Å². The molecule has 4 aliphatic rings. The molecule has 0 heterocycles. The number of ketones is 2. The van der Waals surface area contributed by atoms with Gasteiger partial charge in [-0.1, -0.05) is 20.8 Å². The van der Waals surface area contributed by atoms with Crippen molar-refractivity contribution in [2.24, 2.45) is 40.4 Å². The van der Waals surface area contributed by atoms with Crippen LogP contribution in [-0.2, 0) is 9.59 Å². The van der Waals surface area contributed by atoms with Crippen molar-refractivity contribution in [3.63, 3.8) is 0 Å². The van der Waals surface area contributed by atoms with Gasteiger partial charge in [0.05, 0.1) is 0 Å². The van der Waals surface area contributed by atoms with E-state index in [-0.39, 0.29) is 22.5 Å². The van der Waals surface area contributed by atoms with Gasteiger partial charge in [0.15, 0.2) is 5.78 Å². The second-order valence-corrected chi connectivity index (χ2v) is 9.73. The summed E-state index contributed by atoms with van der Waals surface area (Å²) in [6.07, 6.45) is 6.85. The fourth-order valence-corrected chi connectivity index (χ4v) is 7.68. The predicted octanol–water partition coefficient (Wildman–Crippen LogP) is 3.77. The molecule has 3 heteroatoms. The van der Waals surface area contributed by atoms with Gasteiger partial charge in [-0.3, -0.25) is 9.59 Å². The van der Waals surface area contributed by atoms with Gasteiger partial charge in [-0.05, 0) is 73.0 Å². The van der Waals surface area contributed by atoms with E-state index in [1.807, 2.05) is 0 Å². The minimum atomic E-state index is -0.731. The Morgan fingerprint density at radius 1 is 1.04 bits per heavy atom. The quantitative estimate of drug-likeness (QED) is 0.795. The van der Waals surface area contributed by atoms with Crippen molar-refractivity contribution in [1.82, 2.24) is 0 Å². The molecule has 4 saturated carbocycles. The molecular weight excluding hydrogens is 300 g/mol. The molecule has 0 bridgehead atoms. The molecule has 24 heavy (non-hydrogen) atoms. The van der Waals surface area contributed by atoms with Crippen LogP contribution in [0.3, 0.4) is 0 Å². The largest absolute Gasteiger partial charge is 0.385 e. The maximum absolute atomic E-state index is 12.6.